The Kier molecular flexibility index (Phi) is 4.85. The van der Waals surface area contributed by atoms with Gasteiger partial charge in [-0.15, -0.1) is 0 Å². The Morgan fingerprint density at radius 2 is 2.04 bits per heavy atom. The Morgan fingerprint density at radius 1 is 1.24 bits per heavy atom. The lowest BCUT2D eigenvalue weighted by molar-refractivity contribution is 0.381. The van der Waals surface area contributed by atoms with Crippen LogP contribution in [0.1, 0.15) is 51.2 Å². The molecular formula is C22H28N2O. The van der Waals surface area contributed by atoms with E-state index >= 15 is 0 Å². The number of rotatable bonds is 4. The number of hydrogen-bond acceptors (Lipinski definition) is 3. The smallest absolute Gasteiger partial charge is 0.121 e. The van der Waals surface area contributed by atoms with E-state index in [0.717, 1.165) is 23.5 Å². The second kappa shape index (κ2) is 6.91. The van der Waals surface area contributed by atoms with Gasteiger partial charge in [-0.25, -0.2) is 0 Å². The molecule has 1 unspecified atom stereocenters. The molecule has 0 saturated carbocycles. The molecule has 0 aromatic heterocycles. The van der Waals surface area contributed by atoms with Gasteiger partial charge >= 0.3 is 0 Å². The van der Waals surface area contributed by atoms with Crippen molar-refractivity contribution in [1.29, 1.82) is 0 Å². The van der Waals surface area contributed by atoms with E-state index < -0.39 is 0 Å². The van der Waals surface area contributed by atoms with E-state index in [1.165, 1.54) is 17.7 Å². The van der Waals surface area contributed by atoms with Crippen molar-refractivity contribution in [3.8, 4) is 5.75 Å². The fourth-order valence-corrected chi connectivity index (χ4v) is 4.03. The number of benzene rings is 2. The van der Waals surface area contributed by atoms with Gasteiger partial charge in [-0.05, 0) is 68.5 Å². The highest BCUT2D eigenvalue weighted by molar-refractivity contribution is 5.84. The highest BCUT2D eigenvalue weighted by Gasteiger charge is 2.35. The van der Waals surface area contributed by atoms with E-state index in [1.54, 1.807) is 7.11 Å². The molecule has 1 heterocycles. The molecule has 0 radical (unpaired) electrons. The Hall–Kier alpha value is -2.29. The topological polar surface area (TPSA) is 24.8 Å². The number of anilines is 1. The summed E-state index contributed by atoms with van der Waals surface area (Å²) in [6.07, 6.45) is 3.11. The molecule has 0 aliphatic carbocycles. The van der Waals surface area contributed by atoms with Crippen LogP contribution < -0.4 is 9.64 Å². The lowest BCUT2D eigenvalue weighted by atomic mass is 9.79. The van der Waals surface area contributed by atoms with Crippen molar-refractivity contribution < 1.29 is 4.74 Å². The number of methoxy groups -OCH3 is 1. The van der Waals surface area contributed by atoms with Crippen LogP contribution >= 0.6 is 0 Å². The summed E-state index contributed by atoms with van der Waals surface area (Å²) in [7, 11) is 1.68. The van der Waals surface area contributed by atoms with E-state index in [0.29, 0.717) is 5.92 Å². The summed E-state index contributed by atoms with van der Waals surface area (Å²) >= 11 is 0. The third kappa shape index (κ3) is 3.55. The van der Waals surface area contributed by atoms with E-state index in [-0.39, 0.29) is 5.54 Å². The van der Waals surface area contributed by atoms with E-state index in [2.05, 4.69) is 55.8 Å². The molecule has 2 aromatic rings. The standard InChI is InChI=1S/C22H28N2O/c1-6-24-21-11-10-17(12-20(21)16(2)14-22(24,3)4)15-23-18-8-7-9-19(13-18)25-5/h7-13,15-16H,6,14H2,1-5H3. The average molecular weight is 336 g/mol. The van der Waals surface area contributed by atoms with Gasteiger partial charge in [-0.3, -0.25) is 4.99 Å². The largest absolute Gasteiger partial charge is 0.497 e. The van der Waals surface area contributed by atoms with Crippen molar-refractivity contribution in [2.45, 2.75) is 45.6 Å². The van der Waals surface area contributed by atoms with Crippen molar-refractivity contribution in [1.82, 2.24) is 0 Å². The summed E-state index contributed by atoms with van der Waals surface area (Å²) < 4.78 is 5.26. The molecule has 1 atom stereocenters. The predicted molar refractivity (Wildman–Crippen MR) is 107 cm³/mol. The summed E-state index contributed by atoms with van der Waals surface area (Å²) in [6, 6.07) is 14.5. The maximum atomic E-state index is 5.26. The van der Waals surface area contributed by atoms with Gasteiger partial charge in [-0.1, -0.05) is 19.1 Å². The lowest BCUT2D eigenvalue weighted by Crippen LogP contribution is -2.48. The SMILES string of the molecule is CCN1c2ccc(C=Nc3cccc(OC)c3)cc2C(C)CC1(C)C. The molecule has 3 heteroatoms. The van der Waals surface area contributed by atoms with Crippen molar-refractivity contribution in [2.75, 3.05) is 18.6 Å². The van der Waals surface area contributed by atoms with Gasteiger partial charge in [0.25, 0.3) is 0 Å². The minimum Gasteiger partial charge on any atom is -0.497 e. The van der Waals surface area contributed by atoms with Gasteiger partial charge in [0.05, 0.1) is 12.8 Å². The van der Waals surface area contributed by atoms with E-state index in [1.807, 2.05) is 30.5 Å². The molecule has 3 rings (SSSR count). The van der Waals surface area contributed by atoms with E-state index in [4.69, 9.17) is 4.74 Å². The summed E-state index contributed by atoms with van der Waals surface area (Å²) in [5, 5.41) is 0. The van der Waals surface area contributed by atoms with Crippen LogP contribution in [0.15, 0.2) is 47.5 Å². The number of aliphatic imine (C=N–C) groups is 1. The molecule has 1 aliphatic rings. The van der Waals surface area contributed by atoms with Crippen LogP contribution in [-0.2, 0) is 0 Å². The third-order valence-corrected chi connectivity index (χ3v) is 5.14. The minimum atomic E-state index is 0.206. The van der Waals surface area contributed by atoms with Gasteiger partial charge in [0.2, 0.25) is 0 Å². The molecule has 0 bridgehead atoms. The van der Waals surface area contributed by atoms with Crippen molar-refractivity contribution in [3.05, 3.63) is 53.6 Å². The van der Waals surface area contributed by atoms with E-state index in [9.17, 15) is 0 Å². The maximum Gasteiger partial charge on any atom is 0.121 e. The minimum absolute atomic E-state index is 0.206. The summed E-state index contributed by atoms with van der Waals surface area (Å²) in [4.78, 5) is 7.13. The van der Waals surface area contributed by atoms with Gasteiger partial charge in [0.15, 0.2) is 0 Å². The van der Waals surface area contributed by atoms with Crippen LogP contribution in [0.5, 0.6) is 5.75 Å². The number of hydrogen-bond donors (Lipinski definition) is 0. The zero-order valence-electron chi connectivity index (χ0n) is 15.9. The second-order valence-corrected chi connectivity index (χ2v) is 7.44. The first-order chi connectivity index (χ1) is 11.9. The number of nitrogens with zero attached hydrogens (tertiary/aromatic N) is 2. The molecular weight excluding hydrogens is 308 g/mol. The Morgan fingerprint density at radius 3 is 2.76 bits per heavy atom. The molecule has 2 aromatic carbocycles. The monoisotopic (exact) mass is 336 g/mol. The summed E-state index contributed by atoms with van der Waals surface area (Å²) in [5.74, 6) is 1.38. The number of ether oxygens (including phenoxy) is 1. The van der Waals surface area contributed by atoms with Gasteiger partial charge < -0.3 is 9.64 Å². The number of fused-ring (bicyclic) bond motifs is 1. The van der Waals surface area contributed by atoms with Gasteiger partial charge in [-0.2, -0.15) is 0 Å². The first-order valence-electron chi connectivity index (χ1n) is 9.04. The molecule has 132 valence electrons. The molecule has 0 spiro atoms. The molecule has 0 saturated heterocycles. The fraction of sp³-hybridized carbons (Fsp3) is 0.409. The quantitative estimate of drug-likeness (QED) is 0.683. The third-order valence-electron chi connectivity index (χ3n) is 5.14. The molecule has 0 fully saturated rings. The first-order valence-corrected chi connectivity index (χ1v) is 9.04. The van der Waals surface area contributed by atoms with Crippen LogP contribution in [-0.4, -0.2) is 25.4 Å². The zero-order chi connectivity index (χ0) is 18.0. The molecule has 25 heavy (non-hydrogen) atoms. The van der Waals surface area contributed by atoms with Gasteiger partial charge in [0, 0.05) is 30.1 Å². The maximum absolute atomic E-state index is 5.26. The van der Waals surface area contributed by atoms with Crippen molar-refractivity contribution in [3.63, 3.8) is 0 Å². The van der Waals surface area contributed by atoms with Crippen molar-refractivity contribution >= 4 is 17.6 Å². The molecule has 0 N–H and O–H groups in total. The lowest BCUT2D eigenvalue weighted by Gasteiger charge is -2.47. The molecule has 3 nitrogen and oxygen atoms in total. The zero-order valence-corrected chi connectivity index (χ0v) is 15.9. The summed E-state index contributed by atoms with van der Waals surface area (Å²) in [6.45, 7) is 10.3. The predicted octanol–water partition coefficient (Wildman–Crippen LogP) is 5.56. The Labute approximate surface area is 151 Å². The van der Waals surface area contributed by atoms with Crippen LogP contribution in [0, 0.1) is 0 Å². The fourth-order valence-electron chi connectivity index (χ4n) is 4.03. The Balaban J connectivity index is 1.90. The van der Waals surface area contributed by atoms with Gasteiger partial charge in [0.1, 0.15) is 5.75 Å². The normalized spacial score (nSPS) is 19.1. The van der Waals surface area contributed by atoms with Crippen LogP contribution in [0.25, 0.3) is 0 Å². The van der Waals surface area contributed by atoms with Crippen molar-refractivity contribution in [2.24, 2.45) is 4.99 Å². The van der Waals surface area contributed by atoms with Crippen LogP contribution in [0.4, 0.5) is 11.4 Å². The second-order valence-electron chi connectivity index (χ2n) is 7.44. The van der Waals surface area contributed by atoms with Crippen LogP contribution in [0.3, 0.4) is 0 Å². The molecule has 1 aliphatic heterocycles. The summed E-state index contributed by atoms with van der Waals surface area (Å²) in [5.41, 5.74) is 5.04. The Bertz CT molecular complexity index is 779. The highest BCUT2D eigenvalue weighted by atomic mass is 16.5. The highest BCUT2D eigenvalue weighted by Crippen LogP contribution is 2.43. The van der Waals surface area contributed by atoms with Crippen LogP contribution in [0.2, 0.25) is 0 Å². The first kappa shape index (κ1) is 17.5. The average Bonchev–Trinajstić information content (AvgIpc) is 2.60. The molecule has 0 amide bonds.